The first-order valence-electron chi connectivity index (χ1n) is 12.3. The van der Waals surface area contributed by atoms with Gasteiger partial charge in [0.1, 0.15) is 13.2 Å². The highest BCUT2D eigenvalue weighted by molar-refractivity contribution is 5.68. The third-order valence-electron chi connectivity index (χ3n) is 6.30. The molecule has 0 heterocycles. The Balaban J connectivity index is 2.73. The third kappa shape index (κ3) is 11.8. The maximum Gasteiger partial charge on any atom is 0.407 e. The lowest BCUT2D eigenvalue weighted by Gasteiger charge is -2.46. The van der Waals surface area contributed by atoms with Crippen molar-refractivity contribution in [1.29, 1.82) is 0 Å². The van der Waals surface area contributed by atoms with Crippen LogP contribution in [-0.2, 0) is 18.9 Å². The number of amides is 2. The quantitative estimate of drug-likeness (QED) is 0.231. The first-order valence-corrected chi connectivity index (χ1v) is 12.3. The van der Waals surface area contributed by atoms with Crippen LogP contribution in [0.15, 0.2) is 38.0 Å². The van der Waals surface area contributed by atoms with Crippen LogP contribution in [0.5, 0.6) is 0 Å². The van der Waals surface area contributed by atoms with E-state index in [-0.39, 0.29) is 30.1 Å². The molecule has 0 saturated heterocycles. The second kappa shape index (κ2) is 14.9. The van der Waals surface area contributed by atoms with Crippen LogP contribution in [0.1, 0.15) is 53.4 Å². The van der Waals surface area contributed by atoms with Crippen LogP contribution < -0.4 is 10.6 Å². The summed E-state index contributed by atoms with van der Waals surface area (Å²) in [6.45, 7) is 21.8. The molecule has 2 atom stereocenters. The van der Waals surface area contributed by atoms with E-state index in [0.717, 1.165) is 25.7 Å². The van der Waals surface area contributed by atoms with Crippen molar-refractivity contribution in [2.45, 2.75) is 59.4 Å². The Hall–Kier alpha value is -2.32. The number of carbonyl (C=O) groups is 2. The molecule has 35 heavy (non-hydrogen) atoms. The summed E-state index contributed by atoms with van der Waals surface area (Å²) in [6.07, 6.45) is 7.15. The third-order valence-corrected chi connectivity index (χ3v) is 6.30. The van der Waals surface area contributed by atoms with Crippen molar-refractivity contribution in [3.63, 3.8) is 0 Å². The second-order valence-electron chi connectivity index (χ2n) is 10.7. The van der Waals surface area contributed by atoms with Gasteiger partial charge in [-0.05, 0) is 36.5 Å². The molecule has 2 N–H and O–H groups in total. The van der Waals surface area contributed by atoms with Crippen LogP contribution in [0.3, 0.4) is 0 Å². The number of hydrogen-bond acceptors (Lipinski definition) is 6. The average Bonchev–Trinajstić information content (AvgIpc) is 2.78. The van der Waals surface area contributed by atoms with Gasteiger partial charge in [0.15, 0.2) is 0 Å². The van der Waals surface area contributed by atoms with E-state index < -0.39 is 17.6 Å². The summed E-state index contributed by atoms with van der Waals surface area (Å²) in [5.74, 6) is 0. The highest BCUT2D eigenvalue weighted by Crippen LogP contribution is 2.45. The molecule has 0 aliphatic heterocycles. The van der Waals surface area contributed by atoms with E-state index >= 15 is 0 Å². The van der Waals surface area contributed by atoms with Crippen LogP contribution in [0, 0.1) is 16.2 Å². The molecule has 0 bridgehead atoms. The van der Waals surface area contributed by atoms with Gasteiger partial charge >= 0.3 is 12.2 Å². The summed E-state index contributed by atoms with van der Waals surface area (Å²) in [5, 5.41) is 5.90. The maximum absolute atomic E-state index is 12.8. The molecule has 8 nitrogen and oxygen atoms in total. The number of nitrogens with one attached hydrogen (secondary N) is 2. The first kappa shape index (κ1) is 30.7. The molecule has 2 amide bonds. The summed E-state index contributed by atoms with van der Waals surface area (Å²) in [7, 11) is 0. The molecule has 1 aliphatic rings. The number of ether oxygens (including phenoxy) is 4. The summed E-state index contributed by atoms with van der Waals surface area (Å²) in [5.41, 5.74) is -0.668. The standard InChI is InChI=1S/C27H46N2O6/c1-8-12-32-19-27(11-4,20-33-13-9-2)21-35-24(31)29-22-15-25(5,6)17-26(7,16-22)18-28-23(30)34-14-10-3/h8-10,22H,1-3,11-21H2,4-7H3,(H,28,30)(H,29,31). The summed E-state index contributed by atoms with van der Waals surface area (Å²) >= 11 is 0. The SMILES string of the molecule is C=CCOCC(CC)(COCC=C)COC(=O)NC1CC(C)(C)CC(C)(CNC(=O)OCC=C)C1. The molecular weight excluding hydrogens is 448 g/mol. The van der Waals surface area contributed by atoms with Crippen LogP contribution >= 0.6 is 0 Å². The molecule has 1 fully saturated rings. The predicted molar refractivity (Wildman–Crippen MR) is 138 cm³/mol. The normalized spacial score (nSPS) is 21.4. The molecule has 0 aromatic rings. The molecule has 0 spiro atoms. The van der Waals surface area contributed by atoms with Crippen molar-refractivity contribution in [2.75, 3.05) is 46.2 Å². The Kier molecular flexibility index (Phi) is 13.1. The van der Waals surface area contributed by atoms with Gasteiger partial charge in [-0.15, -0.1) is 13.2 Å². The summed E-state index contributed by atoms with van der Waals surface area (Å²) in [6, 6.07) is -0.0766. The minimum Gasteiger partial charge on any atom is -0.449 e. The largest absolute Gasteiger partial charge is 0.449 e. The van der Waals surface area contributed by atoms with Crippen molar-refractivity contribution in [1.82, 2.24) is 10.6 Å². The van der Waals surface area contributed by atoms with Crippen molar-refractivity contribution in [3.05, 3.63) is 38.0 Å². The lowest BCUT2D eigenvalue weighted by molar-refractivity contribution is -0.0470. The Morgan fingerprint density at radius 1 is 0.914 bits per heavy atom. The molecule has 1 rings (SSSR count). The summed E-state index contributed by atoms with van der Waals surface area (Å²) < 4.78 is 22.1. The lowest BCUT2D eigenvalue weighted by atomic mass is 9.62. The molecular formula is C27H46N2O6. The van der Waals surface area contributed by atoms with E-state index in [4.69, 9.17) is 18.9 Å². The van der Waals surface area contributed by atoms with Gasteiger partial charge in [-0.3, -0.25) is 0 Å². The van der Waals surface area contributed by atoms with Gasteiger partial charge in [0.05, 0.1) is 31.8 Å². The van der Waals surface area contributed by atoms with E-state index in [1.54, 1.807) is 12.2 Å². The van der Waals surface area contributed by atoms with E-state index in [0.29, 0.717) is 33.0 Å². The zero-order valence-corrected chi connectivity index (χ0v) is 22.2. The predicted octanol–water partition coefficient (Wildman–Crippen LogP) is 5.01. The fraction of sp³-hybridized carbons (Fsp3) is 0.704. The smallest absolute Gasteiger partial charge is 0.407 e. The van der Waals surface area contributed by atoms with Gasteiger partial charge in [0, 0.05) is 12.6 Å². The van der Waals surface area contributed by atoms with Gasteiger partial charge in [-0.1, -0.05) is 52.5 Å². The van der Waals surface area contributed by atoms with Crippen molar-refractivity contribution in [2.24, 2.45) is 16.2 Å². The molecule has 0 aromatic carbocycles. The maximum atomic E-state index is 12.8. The van der Waals surface area contributed by atoms with Crippen molar-refractivity contribution < 1.29 is 28.5 Å². The van der Waals surface area contributed by atoms with E-state index in [2.05, 4.69) is 51.1 Å². The van der Waals surface area contributed by atoms with Gasteiger partial charge in [-0.25, -0.2) is 9.59 Å². The zero-order chi connectivity index (χ0) is 26.4. The number of hydrogen-bond donors (Lipinski definition) is 2. The van der Waals surface area contributed by atoms with Crippen molar-refractivity contribution in [3.8, 4) is 0 Å². The zero-order valence-electron chi connectivity index (χ0n) is 22.2. The average molecular weight is 495 g/mol. The van der Waals surface area contributed by atoms with Gasteiger partial charge < -0.3 is 29.6 Å². The molecule has 1 aliphatic carbocycles. The molecule has 8 heteroatoms. The monoisotopic (exact) mass is 494 g/mol. The molecule has 0 aromatic heterocycles. The number of alkyl carbamates (subject to hydrolysis) is 2. The highest BCUT2D eigenvalue weighted by Gasteiger charge is 2.42. The van der Waals surface area contributed by atoms with E-state index in [1.165, 1.54) is 6.08 Å². The van der Waals surface area contributed by atoms with Gasteiger partial charge in [0.25, 0.3) is 0 Å². The number of rotatable bonds is 16. The lowest BCUT2D eigenvalue weighted by Crippen LogP contribution is -2.51. The fourth-order valence-corrected chi connectivity index (χ4v) is 4.92. The minimum atomic E-state index is -0.466. The summed E-state index contributed by atoms with van der Waals surface area (Å²) in [4.78, 5) is 24.7. The number of carbonyl (C=O) groups excluding carboxylic acids is 2. The fourth-order valence-electron chi connectivity index (χ4n) is 4.92. The molecule has 1 saturated carbocycles. The van der Waals surface area contributed by atoms with Gasteiger partial charge in [0.2, 0.25) is 0 Å². The Morgan fingerprint density at radius 2 is 1.51 bits per heavy atom. The Labute approximate surface area is 211 Å². The van der Waals surface area contributed by atoms with Gasteiger partial charge in [-0.2, -0.15) is 0 Å². The second-order valence-corrected chi connectivity index (χ2v) is 10.7. The van der Waals surface area contributed by atoms with Crippen molar-refractivity contribution >= 4 is 12.2 Å². The van der Waals surface area contributed by atoms with E-state index in [1.807, 2.05) is 6.92 Å². The first-order chi connectivity index (χ1) is 16.5. The van der Waals surface area contributed by atoms with Crippen LogP contribution in [0.4, 0.5) is 9.59 Å². The van der Waals surface area contributed by atoms with E-state index in [9.17, 15) is 9.59 Å². The minimum absolute atomic E-state index is 0.0120. The highest BCUT2D eigenvalue weighted by atomic mass is 16.6. The Bertz CT molecular complexity index is 694. The molecule has 200 valence electrons. The Morgan fingerprint density at radius 3 is 2.06 bits per heavy atom. The van der Waals surface area contributed by atoms with Crippen LogP contribution in [-0.4, -0.2) is 64.4 Å². The molecule has 0 radical (unpaired) electrons. The topological polar surface area (TPSA) is 95.1 Å². The van der Waals surface area contributed by atoms with Crippen LogP contribution in [0.2, 0.25) is 0 Å². The molecule has 2 unspecified atom stereocenters. The van der Waals surface area contributed by atoms with Crippen LogP contribution in [0.25, 0.3) is 0 Å².